The molecule has 2 aromatic carbocycles. The van der Waals surface area contributed by atoms with Crippen LogP contribution in [0.1, 0.15) is 15.9 Å². The van der Waals surface area contributed by atoms with Gasteiger partial charge in [-0.15, -0.1) is 0 Å². The molecule has 4 rings (SSSR count). The molecule has 0 radical (unpaired) electrons. The van der Waals surface area contributed by atoms with Crippen molar-refractivity contribution in [1.29, 1.82) is 0 Å². The van der Waals surface area contributed by atoms with Gasteiger partial charge in [0.2, 0.25) is 0 Å². The average Bonchev–Trinajstić information content (AvgIpc) is 2.79. The molecule has 2 heterocycles. The molecule has 5 nitrogen and oxygen atoms in total. The number of hydrogen-bond donors (Lipinski definition) is 0. The van der Waals surface area contributed by atoms with Crippen LogP contribution >= 0.6 is 0 Å². The molecule has 160 valence electrons. The average molecular weight is 427 g/mol. The number of hydrogen-bond acceptors (Lipinski definition) is 4. The maximum Gasteiger partial charge on any atom is 0.416 e. The number of aromatic nitrogens is 1. The molecule has 0 unspecified atom stereocenters. The van der Waals surface area contributed by atoms with Crippen LogP contribution in [0.2, 0.25) is 0 Å². The molecule has 3 aromatic rings. The quantitative estimate of drug-likeness (QED) is 0.597. The van der Waals surface area contributed by atoms with Crippen LogP contribution in [0.3, 0.4) is 0 Å². The molecule has 0 spiro atoms. The van der Waals surface area contributed by atoms with Crippen LogP contribution in [0.25, 0.3) is 0 Å². The predicted molar refractivity (Wildman–Crippen MR) is 110 cm³/mol. The van der Waals surface area contributed by atoms with E-state index in [-0.39, 0.29) is 11.7 Å². The van der Waals surface area contributed by atoms with Gasteiger partial charge in [-0.3, -0.25) is 9.78 Å². The molecule has 1 saturated heterocycles. The number of halogens is 3. The van der Waals surface area contributed by atoms with Gasteiger partial charge in [0.25, 0.3) is 5.91 Å². The summed E-state index contributed by atoms with van der Waals surface area (Å²) in [5.41, 5.74) is 0.713. The monoisotopic (exact) mass is 427 g/mol. The molecule has 0 bridgehead atoms. The summed E-state index contributed by atoms with van der Waals surface area (Å²) in [5.74, 6) is 0.231. The van der Waals surface area contributed by atoms with Crippen molar-refractivity contribution in [1.82, 2.24) is 9.88 Å². The highest BCUT2D eigenvalue weighted by atomic mass is 19.4. The number of rotatable bonds is 4. The number of ether oxygens (including phenoxy) is 1. The van der Waals surface area contributed by atoms with Gasteiger partial charge in [0.05, 0.1) is 5.56 Å². The fourth-order valence-corrected chi connectivity index (χ4v) is 3.47. The Kier molecular flexibility index (Phi) is 5.79. The van der Waals surface area contributed by atoms with E-state index in [0.29, 0.717) is 37.5 Å². The highest BCUT2D eigenvalue weighted by molar-refractivity contribution is 5.94. The zero-order valence-electron chi connectivity index (χ0n) is 16.5. The summed E-state index contributed by atoms with van der Waals surface area (Å²) >= 11 is 0. The topological polar surface area (TPSA) is 45.7 Å². The number of benzene rings is 2. The van der Waals surface area contributed by atoms with E-state index in [0.717, 1.165) is 17.8 Å². The summed E-state index contributed by atoms with van der Waals surface area (Å²) in [4.78, 5) is 20.9. The van der Waals surface area contributed by atoms with Gasteiger partial charge in [0.15, 0.2) is 0 Å². The minimum atomic E-state index is -4.45. The van der Waals surface area contributed by atoms with Gasteiger partial charge >= 0.3 is 6.18 Å². The molecule has 1 aliphatic heterocycles. The number of alkyl halides is 3. The van der Waals surface area contributed by atoms with Crippen molar-refractivity contribution in [3.05, 3.63) is 84.2 Å². The zero-order chi connectivity index (χ0) is 21.8. The molecule has 0 saturated carbocycles. The lowest BCUT2D eigenvalue weighted by molar-refractivity contribution is -0.137. The van der Waals surface area contributed by atoms with Crippen LogP contribution in [0.15, 0.2) is 73.1 Å². The smallest absolute Gasteiger partial charge is 0.416 e. The Bertz CT molecular complexity index is 1050. The van der Waals surface area contributed by atoms with Crippen molar-refractivity contribution in [3.8, 4) is 11.5 Å². The summed E-state index contributed by atoms with van der Waals surface area (Å²) in [7, 11) is 0. The van der Waals surface area contributed by atoms with E-state index in [1.807, 2.05) is 12.1 Å². The van der Waals surface area contributed by atoms with E-state index in [2.05, 4.69) is 9.88 Å². The molecule has 1 amide bonds. The van der Waals surface area contributed by atoms with Crippen LogP contribution in [-0.2, 0) is 6.18 Å². The number of anilines is 1. The van der Waals surface area contributed by atoms with Crippen molar-refractivity contribution < 1.29 is 22.7 Å². The molecule has 0 aliphatic carbocycles. The molecule has 1 aromatic heterocycles. The fourth-order valence-electron chi connectivity index (χ4n) is 3.47. The van der Waals surface area contributed by atoms with Crippen molar-refractivity contribution in [2.24, 2.45) is 0 Å². The van der Waals surface area contributed by atoms with E-state index < -0.39 is 11.7 Å². The van der Waals surface area contributed by atoms with Gasteiger partial charge in [0, 0.05) is 49.8 Å². The van der Waals surface area contributed by atoms with Gasteiger partial charge in [0.1, 0.15) is 11.5 Å². The number of pyridine rings is 1. The van der Waals surface area contributed by atoms with Crippen LogP contribution in [0, 0.1) is 0 Å². The second-order valence-corrected chi connectivity index (χ2v) is 7.14. The fraction of sp³-hybridized carbons (Fsp3) is 0.217. The third kappa shape index (κ3) is 4.96. The maximum atomic E-state index is 12.9. The zero-order valence-corrected chi connectivity index (χ0v) is 16.5. The van der Waals surface area contributed by atoms with Crippen molar-refractivity contribution in [3.63, 3.8) is 0 Å². The van der Waals surface area contributed by atoms with Gasteiger partial charge < -0.3 is 14.5 Å². The van der Waals surface area contributed by atoms with Crippen molar-refractivity contribution in [2.75, 3.05) is 31.1 Å². The Hall–Kier alpha value is -3.55. The summed E-state index contributed by atoms with van der Waals surface area (Å²) in [6, 6.07) is 15.0. The van der Waals surface area contributed by atoms with Crippen molar-refractivity contribution >= 4 is 11.6 Å². The predicted octanol–water partition coefficient (Wildman–Crippen LogP) is 4.86. The number of amides is 1. The number of carbonyl (C=O) groups excluding carboxylic acids is 1. The Morgan fingerprint density at radius 2 is 1.52 bits per heavy atom. The first kappa shape index (κ1) is 20.7. The van der Waals surface area contributed by atoms with Gasteiger partial charge in [-0.05, 0) is 48.5 Å². The Labute approximate surface area is 177 Å². The van der Waals surface area contributed by atoms with Crippen LogP contribution < -0.4 is 9.64 Å². The first-order chi connectivity index (χ1) is 14.9. The Balaban J connectivity index is 1.42. The van der Waals surface area contributed by atoms with E-state index in [4.69, 9.17) is 4.74 Å². The number of carbonyl (C=O) groups is 1. The molecule has 1 aliphatic rings. The Morgan fingerprint density at radius 3 is 2.19 bits per heavy atom. The van der Waals surface area contributed by atoms with E-state index in [9.17, 15) is 18.0 Å². The van der Waals surface area contributed by atoms with E-state index in [1.165, 1.54) is 12.1 Å². The minimum Gasteiger partial charge on any atom is -0.457 e. The molecule has 31 heavy (non-hydrogen) atoms. The van der Waals surface area contributed by atoms with Gasteiger partial charge in [-0.25, -0.2) is 0 Å². The van der Waals surface area contributed by atoms with Crippen LogP contribution in [0.5, 0.6) is 11.5 Å². The SMILES string of the molecule is O=C(c1cccc(Oc2cccc(C(F)(F)F)c2)c1)N1CCN(c2ccncc2)CC1. The second-order valence-electron chi connectivity index (χ2n) is 7.14. The number of nitrogens with zero attached hydrogens (tertiary/aromatic N) is 3. The van der Waals surface area contributed by atoms with E-state index >= 15 is 0 Å². The lowest BCUT2D eigenvalue weighted by Gasteiger charge is -2.36. The normalized spacial score (nSPS) is 14.4. The van der Waals surface area contributed by atoms with Crippen molar-refractivity contribution in [2.45, 2.75) is 6.18 Å². The van der Waals surface area contributed by atoms with Crippen LogP contribution in [0.4, 0.5) is 18.9 Å². The van der Waals surface area contributed by atoms with Gasteiger partial charge in [-0.1, -0.05) is 12.1 Å². The summed E-state index contributed by atoms with van der Waals surface area (Å²) in [6.07, 6.45) is -0.971. The first-order valence-electron chi connectivity index (χ1n) is 9.79. The Morgan fingerprint density at radius 1 is 0.871 bits per heavy atom. The molecule has 1 fully saturated rings. The molecule has 0 N–H and O–H groups in total. The van der Waals surface area contributed by atoms with E-state index in [1.54, 1.807) is 41.6 Å². The summed E-state index contributed by atoms with van der Waals surface area (Å²) in [5, 5.41) is 0. The lowest BCUT2D eigenvalue weighted by Crippen LogP contribution is -2.48. The van der Waals surface area contributed by atoms with Gasteiger partial charge in [-0.2, -0.15) is 13.2 Å². The molecule has 8 heteroatoms. The standard InChI is InChI=1S/C23H20F3N3O2/c24-23(25,26)18-4-2-6-21(16-18)31-20-5-1-3-17(15-20)22(30)29-13-11-28(12-14-29)19-7-9-27-10-8-19/h1-10,15-16H,11-14H2. The third-order valence-electron chi connectivity index (χ3n) is 5.07. The molecular formula is C23H20F3N3O2. The highest BCUT2D eigenvalue weighted by Crippen LogP contribution is 2.33. The summed E-state index contributed by atoms with van der Waals surface area (Å²) < 4.78 is 44.3. The molecule has 0 atom stereocenters. The largest absolute Gasteiger partial charge is 0.457 e. The maximum absolute atomic E-state index is 12.9. The van der Waals surface area contributed by atoms with Crippen LogP contribution in [-0.4, -0.2) is 42.0 Å². The summed E-state index contributed by atoms with van der Waals surface area (Å²) in [6.45, 7) is 2.55. The number of piperazine rings is 1. The molecular weight excluding hydrogens is 407 g/mol. The minimum absolute atomic E-state index is 0.0605. The first-order valence-corrected chi connectivity index (χ1v) is 9.79. The third-order valence-corrected chi connectivity index (χ3v) is 5.07. The lowest BCUT2D eigenvalue weighted by atomic mass is 10.1. The second kappa shape index (κ2) is 8.67. The highest BCUT2D eigenvalue weighted by Gasteiger charge is 2.30.